The standard InChI is InChI=1S/C2H5NO.C2H6/c1-2-3-4;1-2/h2,4H,1H3;1-2H3/b3-2+;. The number of nitrogens with zero attached hydrogens (tertiary/aromatic N) is 1. The molecule has 0 aromatic heterocycles. The molecule has 0 saturated heterocycles. The summed E-state index contributed by atoms with van der Waals surface area (Å²) in [5.74, 6) is 0. The van der Waals surface area contributed by atoms with Crippen molar-refractivity contribution in [2.45, 2.75) is 20.8 Å². The highest BCUT2D eigenvalue weighted by Crippen LogP contribution is 1.38. The van der Waals surface area contributed by atoms with E-state index in [1.807, 2.05) is 13.8 Å². The molecule has 0 aliphatic rings. The first kappa shape index (κ1) is 9.08. The van der Waals surface area contributed by atoms with Crippen molar-refractivity contribution in [2.75, 3.05) is 0 Å². The molecule has 0 bridgehead atoms. The fraction of sp³-hybridized carbons (Fsp3) is 0.750. The average Bonchev–Trinajstić information content (AvgIpc) is 1.72. The van der Waals surface area contributed by atoms with Crippen molar-refractivity contribution in [2.24, 2.45) is 5.16 Å². The van der Waals surface area contributed by atoms with Crippen LogP contribution in [0.1, 0.15) is 20.8 Å². The van der Waals surface area contributed by atoms with Gasteiger partial charge in [-0.1, -0.05) is 13.8 Å². The molecule has 6 heavy (non-hydrogen) atoms. The van der Waals surface area contributed by atoms with Crippen LogP contribution in [-0.2, 0) is 0 Å². The van der Waals surface area contributed by atoms with E-state index < -0.39 is 0 Å². The molecule has 38 valence electrons. The maximum Gasteiger partial charge on any atom is 0.0404 e. The zero-order chi connectivity index (χ0) is 5.41. The Morgan fingerprint density at radius 2 is 1.67 bits per heavy atom. The van der Waals surface area contributed by atoms with E-state index in [1.165, 1.54) is 6.21 Å². The molecule has 0 radical (unpaired) electrons. The van der Waals surface area contributed by atoms with Crippen molar-refractivity contribution >= 4 is 6.21 Å². The molecule has 0 aliphatic heterocycles. The van der Waals surface area contributed by atoms with Crippen LogP contribution in [0, 0.1) is 0 Å². The van der Waals surface area contributed by atoms with Crippen molar-refractivity contribution in [1.82, 2.24) is 0 Å². The van der Waals surface area contributed by atoms with E-state index in [9.17, 15) is 0 Å². The van der Waals surface area contributed by atoms with Crippen LogP contribution in [0.4, 0.5) is 0 Å². The summed E-state index contributed by atoms with van der Waals surface area (Å²) in [6.07, 6.45) is 1.31. The minimum absolute atomic E-state index is 1.31. The first-order chi connectivity index (χ1) is 2.91. The van der Waals surface area contributed by atoms with Gasteiger partial charge in [-0.15, -0.1) is 5.16 Å². The van der Waals surface area contributed by atoms with Crippen LogP contribution in [-0.4, -0.2) is 11.4 Å². The van der Waals surface area contributed by atoms with Gasteiger partial charge in [0.15, 0.2) is 0 Å². The van der Waals surface area contributed by atoms with E-state index in [1.54, 1.807) is 6.92 Å². The van der Waals surface area contributed by atoms with Gasteiger partial charge < -0.3 is 5.21 Å². The Morgan fingerprint density at radius 1 is 1.50 bits per heavy atom. The van der Waals surface area contributed by atoms with Gasteiger partial charge in [-0.25, -0.2) is 0 Å². The Balaban J connectivity index is 0. The molecule has 2 nitrogen and oxygen atoms in total. The van der Waals surface area contributed by atoms with Gasteiger partial charge >= 0.3 is 0 Å². The summed E-state index contributed by atoms with van der Waals surface area (Å²) in [4.78, 5) is 0. The molecule has 0 atom stereocenters. The summed E-state index contributed by atoms with van der Waals surface area (Å²) in [5.41, 5.74) is 0. The molecule has 0 unspecified atom stereocenters. The number of hydrogen-bond acceptors (Lipinski definition) is 2. The van der Waals surface area contributed by atoms with Gasteiger partial charge in [0.25, 0.3) is 0 Å². The lowest BCUT2D eigenvalue weighted by Gasteiger charge is -1.54. The van der Waals surface area contributed by atoms with E-state index in [-0.39, 0.29) is 0 Å². The van der Waals surface area contributed by atoms with E-state index in [0.717, 1.165) is 0 Å². The molecule has 0 aromatic carbocycles. The second-order valence-corrected chi connectivity index (χ2v) is 0.374. The Morgan fingerprint density at radius 3 is 1.67 bits per heavy atom. The highest BCUT2D eigenvalue weighted by molar-refractivity contribution is 5.51. The number of rotatable bonds is 0. The van der Waals surface area contributed by atoms with Gasteiger partial charge in [0, 0.05) is 6.21 Å². The first-order valence-corrected chi connectivity index (χ1v) is 2.04. The molecular weight excluding hydrogens is 78.0 g/mol. The van der Waals surface area contributed by atoms with Gasteiger partial charge in [-0.2, -0.15) is 0 Å². The molecule has 2 heteroatoms. The highest BCUT2D eigenvalue weighted by Gasteiger charge is 1.34. The van der Waals surface area contributed by atoms with Crippen molar-refractivity contribution in [3.8, 4) is 0 Å². The summed E-state index contributed by atoms with van der Waals surface area (Å²) >= 11 is 0. The molecule has 0 spiro atoms. The quantitative estimate of drug-likeness (QED) is 0.272. The first-order valence-electron chi connectivity index (χ1n) is 2.04. The van der Waals surface area contributed by atoms with Gasteiger partial charge in [0.05, 0.1) is 0 Å². The summed E-state index contributed by atoms with van der Waals surface area (Å²) in [7, 11) is 0. The third-order valence-corrected chi connectivity index (χ3v) is 0.115. The minimum atomic E-state index is 1.31. The van der Waals surface area contributed by atoms with Crippen molar-refractivity contribution < 1.29 is 5.21 Å². The predicted molar refractivity (Wildman–Crippen MR) is 27.3 cm³/mol. The lowest BCUT2D eigenvalue weighted by atomic mass is 10.9. The average molecular weight is 89.1 g/mol. The van der Waals surface area contributed by atoms with Crippen molar-refractivity contribution in [3.63, 3.8) is 0 Å². The van der Waals surface area contributed by atoms with Gasteiger partial charge in [-0.3, -0.25) is 0 Å². The molecule has 0 amide bonds. The Labute approximate surface area is 38.5 Å². The highest BCUT2D eigenvalue weighted by atomic mass is 16.4. The third-order valence-electron chi connectivity index (χ3n) is 0.115. The van der Waals surface area contributed by atoms with Crippen LogP contribution in [0.5, 0.6) is 0 Å². The van der Waals surface area contributed by atoms with E-state index >= 15 is 0 Å². The second-order valence-electron chi connectivity index (χ2n) is 0.374. The molecule has 1 N–H and O–H groups in total. The normalized spacial score (nSPS) is 7.17. The summed E-state index contributed by atoms with van der Waals surface area (Å²) in [5, 5.41) is 10.1. The van der Waals surface area contributed by atoms with Crippen LogP contribution in [0.15, 0.2) is 5.16 Å². The SMILES string of the molecule is C/C=N/O.CC. The van der Waals surface area contributed by atoms with Crippen LogP contribution in [0.2, 0.25) is 0 Å². The molecule has 0 rings (SSSR count). The lowest BCUT2D eigenvalue weighted by Crippen LogP contribution is -1.49. The fourth-order valence-corrected chi connectivity index (χ4v) is 0. The minimum Gasteiger partial charge on any atom is -0.411 e. The smallest absolute Gasteiger partial charge is 0.0404 e. The fourth-order valence-electron chi connectivity index (χ4n) is 0. The van der Waals surface area contributed by atoms with Gasteiger partial charge in [0.2, 0.25) is 0 Å². The molecule has 0 saturated carbocycles. The monoisotopic (exact) mass is 89.1 g/mol. The number of oxime groups is 1. The largest absolute Gasteiger partial charge is 0.411 e. The molecular formula is C4H11NO. The van der Waals surface area contributed by atoms with Gasteiger partial charge in [-0.05, 0) is 6.92 Å². The summed E-state index contributed by atoms with van der Waals surface area (Å²) in [6, 6.07) is 0. The molecule has 0 aliphatic carbocycles. The van der Waals surface area contributed by atoms with Crippen LogP contribution < -0.4 is 0 Å². The molecule has 0 heterocycles. The Kier molecular flexibility index (Phi) is 37.7. The lowest BCUT2D eigenvalue weighted by molar-refractivity contribution is 0.321. The third kappa shape index (κ3) is 95.8. The molecule has 0 fully saturated rings. The van der Waals surface area contributed by atoms with Gasteiger partial charge in [0.1, 0.15) is 0 Å². The number of hydrogen-bond donors (Lipinski definition) is 1. The Bertz CT molecular complexity index is 22.7. The van der Waals surface area contributed by atoms with E-state index in [4.69, 9.17) is 5.21 Å². The maximum absolute atomic E-state index is 7.44. The predicted octanol–water partition coefficient (Wildman–Crippen LogP) is 1.49. The zero-order valence-corrected chi connectivity index (χ0v) is 4.47. The van der Waals surface area contributed by atoms with Crippen LogP contribution in [0.25, 0.3) is 0 Å². The summed E-state index contributed by atoms with van der Waals surface area (Å²) < 4.78 is 0. The van der Waals surface area contributed by atoms with Crippen molar-refractivity contribution in [3.05, 3.63) is 0 Å². The van der Waals surface area contributed by atoms with Crippen molar-refractivity contribution in [1.29, 1.82) is 0 Å². The zero-order valence-electron chi connectivity index (χ0n) is 4.47. The van der Waals surface area contributed by atoms with Crippen LogP contribution >= 0.6 is 0 Å². The summed E-state index contributed by atoms with van der Waals surface area (Å²) in [6.45, 7) is 5.64. The van der Waals surface area contributed by atoms with E-state index in [0.29, 0.717) is 0 Å². The Hall–Kier alpha value is -0.530. The van der Waals surface area contributed by atoms with E-state index in [2.05, 4.69) is 5.16 Å². The topological polar surface area (TPSA) is 32.6 Å². The van der Waals surface area contributed by atoms with Crippen LogP contribution in [0.3, 0.4) is 0 Å². The maximum atomic E-state index is 7.44. The molecule has 0 aromatic rings. The second kappa shape index (κ2) is 24.9.